The van der Waals surface area contributed by atoms with Crippen LogP contribution in [0.25, 0.3) is 0 Å². The lowest BCUT2D eigenvalue weighted by molar-refractivity contribution is -0.141. The Bertz CT molecular complexity index is 543. The zero-order valence-electron chi connectivity index (χ0n) is 9.37. The second-order valence-electron chi connectivity index (χ2n) is 3.64. The Morgan fingerprint density at radius 3 is 2.50 bits per heavy atom. The summed E-state index contributed by atoms with van der Waals surface area (Å²) in [6.45, 7) is 1.13. The van der Waals surface area contributed by atoms with Crippen LogP contribution in [0.4, 0.5) is 4.39 Å². The molecule has 0 aliphatic heterocycles. The molecular formula is C10H12FNO5S. The van der Waals surface area contributed by atoms with Crippen molar-refractivity contribution in [2.45, 2.75) is 24.0 Å². The van der Waals surface area contributed by atoms with Crippen LogP contribution in [0.3, 0.4) is 0 Å². The molecule has 0 aromatic heterocycles. The SMILES string of the molecule is C[C@@H](O)[C@H](NS(=O)(=O)c1cccc(F)c1)C(=O)O. The lowest BCUT2D eigenvalue weighted by Gasteiger charge is -2.17. The van der Waals surface area contributed by atoms with Crippen molar-refractivity contribution in [2.75, 3.05) is 0 Å². The molecule has 0 saturated carbocycles. The maximum Gasteiger partial charge on any atom is 0.324 e. The van der Waals surface area contributed by atoms with Gasteiger partial charge in [-0.05, 0) is 25.1 Å². The van der Waals surface area contributed by atoms with Crippen LogP contribution in [0.1, 0.15) is 6.92 Å². The predicted octanol–water partition coefficient (Wildman–Crippen LogP) is -0.0620. The van der Waals surface area contributed by atoms with Gasteiger partial charge in [0, 0.05) is 0 Å². The zero-order valence-corrected chi connectivity index (χ0v) is 10.2. The molecule has 0 aliphatic rings. The number of carboxylic acid groups (broad SMARTS) is 1. The summed E-state index contributed by atoms with van der Waals surface area (Å²) in [5.41, 5.74) is 0. The van der Waals surface area contributed by atoms with Crippen LogP contribution in [0, 0.1) is 5.82 Å². The van der Waals surface area contributed by atoms with E-state index in [-0.39, 0.29) is 0 Å². The molecule has 0 bridgehead atoms. The van der Waals surface area contributed by atoms with E-state index in [1.54, 1.807) is 4.72 Å². The molecule has 0 heterocycles. The zero-order chi connectivity index (χ0) is 13.9. The van der Waals surface area contributed by atoms with Crippen LogP contribution in [0.2, 0.25) is 0 Å². The molecule has 0 fully saturated rings. The third-order valence-corrected chi connectivity index (χ3v) is 3.58. The van der Waals surface area contributed by atoms with E-state index in [4.69, 9.17) is 10.2 Å². The fraction of sp³-hybridized carbons (Fsp3) is 0.300. The molecular weight excluding hydrogens is 265 g/mol. The Kier molecular flexibility index (Phi) is 4.38. The average Bonchev–Trinajstić information content (AvgIpc) is 2.25. The molecule has 0 amide bonds. The van der Waals surface area contributed by atoms with Crippen molar-refractivity contribution in [1.82, 2.24) is 4.72 Å². The molecule has 6 nitrogen and oxygen atoms in total. The van der Waals surface area contributed by atoms with E-state index < -0.39 is 38.9 Å². The van der Waals surface area contributed by atoms with Gasteiger partial charge in [0.2, 0.25) is 10.0 Å². The minimum Gasteiger partial charge on any atom is -0.480 e. The molecule has 100 valence electrons. The highest BCUT2D eigenvalue weighted by Gasteiger charge is 2.29. The number of hydrogen-bond acceptors (Lipinski definition) is 4. The first kappa shape index (κ1) is 14.6. The highest BCUT2D eigenvalue weighted by atomic mass is 32.2. The lowest BCUT2D eigenvalue weighted by Crippen LogP contribution is -2.47. The third-order valence-electron chi connectivity index (χ3n) is 2.14. The maximum atomic E-state index is 12.9. The van der Waals surface area contributed by atoms with Gasteiger partial charge in [0.15, 0.2) is 0 Å². The first-order valence-corrected chi connectivity index (χ1v) is 6.41. The van der Waals surface area contributed by atoms with Gasteiger partial charge in [0.1, 0.15) is 11.9 Å². The predicted molar refractivity (Wildman–Crippen MR) is 59.8 cm³/mol. The van der Waals surface area contributed by atoms with Gasteiger partial charge in [0.25, 0.3) is 0 Å². The van der Waals surface area contributed by atoms with Crippen LogP contribution >= 0.6 is 0 Å². The van der Waals surface area contributed by atoms with E-state index in [1.807, 2.05) is 0 Å². The van der Waals surface area contributed by atoms with E-state index in [9.17, 15) is 17.6 Å². The molecule has 0 spiro atoms. The second-order valence-corrected chi connectivity index (χ2v) is 5.35. The Labute approximate surface area is 103 Å². The number of carbonyl (C=O) groups is 1. The third kappa shape index (κ3) is 3.49. The first-order chi connectivity index (χ1) is 8.24. The fourth-order valence-corrected chi connectivity index (χ4v) is 2.52. The Morgan fingerprint density at radius 2 is 2.06 bits per heavy atom. The molecule has 0 aliphatic carbocycles. The molecule has 0 radical (unpaired) electrons. The van der Waals surface area contributed by atoms with Crippen LogP contribution in [-0.2, 0) is 14.8 Å². The molecule has 1 aromatic carbocycles. The summed E-state index contributed by atoms with van der Waals surface area (Å²) in [7, 11) is -4.20. The van der Waals surface area contributed by atoms with Gasteiger partial charge in [-0.3, -0.25) is 4.79 Å². The molecule has 3 N–H and O–H groups in total. The van der Waals surface area contributed by atoms with E-state index in [0.29, 0.717) is 0 Å². The number of benzene rings is 1. The minimum atomic E-state index is -4.20. The van der Waals surface area contributed by atoms with E-state index in [1.165, 1.54) is 6.07 Å². The number of halogens is 1. The normalized spacial score (nSPS) is 15.1. The van der Waals surface area contributed by atoms with Gasteiger partial charge in [-0.1, -0.05) is 6.07 Å². The average molecular weight is 277 g/mol. The molecule has 2 atom stereocenters. The van der Waals surface area contributed by atoms with Crippen LogP contribution in [0.15, 0.2) is 29.2 Å². The van der Waals surface area contributed by atoms with E-state index in [0.717, 1.165) is 25.1 Å². The van der Waals surface area contributed by atoms with Crippen molar-refractivity contribution in [3.63, 3.8) is 0 Å². The first-order valence-electron chi connectivity index (χ1n) is 4.93. The highest BCUT2D eigenvalue weighted by molar-refractivity contribution is 7.89. The van der Waals surface area contributed by atoms with Gasteiger partial charge >= 0.3 is 5.97 Å². The summed E-state index contributed by atoms with van der Waals surface area (Å²) in [6, 6.07) is 2.42. The summed E-state index contributed by atoms with van der Waals surface area (Å²) in [6.07, 6.45) is -1.43. The monoisotopic (exact) mass is 277 g/mol. The van der Waals surface area contributed by atoms with Gasteiger partial charge in [-0.25, -0.2) is 12.8 Å². The number of nitrogens with one attached hydrogen (secondary N) is 1. The van der Waals surface area contributed by atoms with Crippen LogP contribution < -0.4 is 4.72 Å². The van der Waals surface area contributed by atoms with Crippen LogP contribution in [0.5, 0.6) is 0 Å². The number of sulfonamides is 1. The summed E-state index contributed by atoms with van der Waals surface area (Å²) in [5.74, 6) is -2.29. The van der Waals surface area contributed by atoms with Gasteiger partial charge in [0.05, 0.1) is 11.0 Å². The topological polar surface area (TPSA) is 104 Å². The summed E-state index contributed by atoms with van der Waals surface area (Å²) in [5, 5.41) is 17.9. The fourth-order valence-electron chi connectivity index (χ4n) is 1.22. The van der Waals surface area contributed by atoms with E-state index in [2.05, 4.69) is 0 Å². The summed E-state index contributed by atoms with van der Waals surface area (Å²) < 4.78 is 38.2. The highest BCUT2D eigenvalue weighted by Crippen LogP contribution is 2.11. The van der Waals surface area contributed by atoms with Crippen LogP contribution in [-0.4, -0.2) is 36.7 Å². The van der Waals surface area contributed by atoms with Gasteiger partial charge in [-0.15, -0.1) is 0 Å². The largest absolute Gasteiger partial charge is 0.480 e. The van der Waals surface area contributed by atoms with Crippen molar-refractivity contribution in [3.05, 3.63) is 30.1 Å². The van der Waals surface area contributed by atoms with Crippen molar-refractivity contribution >= 4 is 16.0 Å². The summed E-state index contributed by atoms with van der Waals surface area (Å²) in [4.78, 5) is 10.3. The van der Waals surface area contributed by atoms with Crippen molar-refractivity contribution in [1.29, 1.82) is 0 Å². The summed E-state index contributed by atoms with van der Waals surface area (Å²) >= 11 is 0. The van der Waals surface area contributed by atoms with Gasteiger partial charge in [-0.2, -0.15) is 4.72 Å². The standard InChI is InChI=1S/C10H12FNO5S/c1-6(13)9(10(14)15)12-18(16,17)8-4-2-3-7(11)5-8/h2-6,9,12-13H,1H3,(H,14,15)/t6-,9+/m1/s1. The van der Waals surface area contributed by atoms with Crippen molar-refractivity contribution in [3.8, 4) is 0 Å². The number of aliphatic carboxylic acids is 1. The number of carboxylic acids is 1. The second kappa shape index (κ2) is 5.42. The number of aliphatic hydroxyl groups excluding tert-OH is 1. The van der Waals surface area contributed by atoms with E-state index >= 15 is 0 Å². The number of aliphatic hydroxyl groups is 1. The number of rotatable bonds is 5. The molecule has 18 heavy (non-hydrogen) atoms. The smallest absolute Gasteiger partial charge is 0.324 e. The lowest BCUT2D eigenvalue weighted by atomic mass is 10.2. The van der Waals surface area contributed by atoms with Gasteiger partial charge < -0.3 is 10.2 Å². The molecule has 0 unspecified atom stereocenters. The Morgan fingerprint density at radius 1 is 1.44 bits per heavy atom. The van der Waals surface area contributed by atoms with Crippen molar-refractivity contribution < 1.29 is 27.8 Å². The molecule has 0 saturated heterocycles. The maximum absolute atomic E-state index is 12.9. The van der Waals surface area contributed by atoms with Crippen molar-refractivity contribution in [2.24, 2.45) is 0 Å². The minimum absolute atomic E-state index is 0.408. The molecule has 1 aromatic rings. The Balaban J connectivity index is 3.05. The number of hydrogen-bond donors (Lipinski definition) is 3. The quantitative estimate of drug-likeness (QED) is 0.699. The molecule has 8 heteroatoms. The molecule has 1 rings (SSSR count). The Hall–Kier alpha value is -1.51.